The lowest BCUT2D eigenvalue weighted by Gasteiger charge is -2.23. The lowest BCUT2D eigenvalue weighted by atomic mass is 10.2. The highest BCUT2D eigenvalue weighted by Crippen LogP contribution is 2.18. The Kier molecular flexibility index (Phi) is 3.72. The fraction of sp³-hybridized carbons (Fsp3) is 0.636. The van der Waals surface area contributed by atoms with Gasteiger partial charge in [0.15, 0.2) is 0 Å². The van der Waals surface area contributed by atoms with Crippen LogP contribution in [-0.4, -0.2) is 5.60 Å². The minimum Gasteiger partial charge on any atom is -0.468 e. The highest BCUT2D eigenvalue weighted by atomic mass is 16.7. The van der Waals surface area contributed by atoms with Gasteiger partial charge in [0.2, 0.25) is 0 Å². The maximum Gasteiger partial charge on any atom is 0.122 e. The number of hydrogen-bond donors (Lipinski definition) is 1. The summed E-state index contributed by atoms with van der Waals surface area (Å²) in [6.45, 7) is 8.12. The van der Waals surface area contributed by atoms with Crippen molar-refractivity contribution in [2.24, 2.45) is 0 Å². The van der Waals surface area contributed by atoms with Gasteiger partial charge in [-0.1, -0.05) is 6.92 Å². The molecule has 3 nitrogen and oxygen atoms in total. The van der Waals surface area contributed by atoms with Crippen molar-refractivity contribution < 1.29 is 9.25 Å². The van der Waals surface area contributed by atoms with Crippen molar-refractivity contribution in [3.8, 4) is 0 Å². The Morgan fingerprint density at radius 3 is 2.64 bits per heavy atom. The van der Waals surface area contributed by atoms with Crippen molar-refractivity contribution in [2.45, 2.75) is 45.8 Å². The van der Waals surface area contributed by atoms with Crippen LogP contribution in [0.5, 0.6) is 0 Å². The summed E-state index contributed by atoms with van der Waals surface area (Å²) in [5.74, 6) is 0.914. The average molecular weight is 197 g/mol. The Hall–Kier alpha value is -0.800. The van der Waals surface area contributed by atoms with Crippen LogP contribution in [0.4, 0.5) is 0 Å². The molecule has 0 saturated heterocycles. The van der Waals surface area contributed by atoms with Crippen molar-refractivity contribution in [2.75, 3.05) is 0 Å². The molecule has 0 aliphatic carbocycles. The molecule has 3 heteroatoms. The summed E-state index contributed by atoms with van der Waals surface area (Å²) >= 11 is 0. The van der Waals surface area contributed by atoms with E-state index in [4.69, 9.17) is 9.25 Å². The van der Waals surface area contributed by atoms with Gasteiger partial charge in [-0.05, 0) is 39.3 Å². The quantitative estimate of drug-likeness (QED) is 0.753. The maximum atomic E-state index is 5.50. The monoisotopic (exact) mass is 197 g/mol. The molecular weight excluding hydrogens is 178 g/mol. The summed E-state index contributed by atoms with van der Waals surface area (Å²) in [5, 5.41) is 0. The van der Waals surface area contributed by atoms with E-state index >= 15 is 0 Å². The Morgan fingerprint density at radius 2 is 2.21 bits per heavy atom. The number of nitrogens with one attached hydrogen (secondary N) is 1. The molecule has 0 aliphatic rings. The van der Waals surface area contributed by atoms with Crippen molar-refractivity contribution in [3.05, 3.63) is 24.2 Å². The SMILES string of the molecule is CCC(NOC(C)(C)C)c1ccco1. The van der Waals surface area contributed by atoms with E-state index in [-0.39, 0.29) is 11.6 Å². The van der Waals surface area contributed by atoms with Crippen LogP contribution >= 0.6 is 0 Å². The maximum absolute atomic E-state index is 5.50. The van der Waals surface area contributed by atoms with Crippen LogP contribution in [-0.2, 0) is 4.84 Å². The molecule has 0 spiro atoms. The first-order valence-corrected chi connectivity index (χ1v) is 5.00. The summed E-state index contributed by atoms with van der Waals surface area (Å²) in [6.07, 6.45) is 2.61. The second-order valence-electron chi connectivity index (χ2n) is 4.31. The molecule has 0 aliphatic heterocycles. The third kappa shape index (κ3) is 3.52. The van der Waals surface area contributed by atoms with E-state index in [1.54, 1.807) is 6.26 Å². The van der Waals surface area contributed by atoms with Crippen LogP contribution in [0.3, 0.4) is 0 Å². The zero-order chi connectivity index (χ0) is 10.6. The van der Waals surface area contributed by atoms with Crippen LogP contribution in [0, 0.1) is 0 Å². The van der Waals surface area contributed by atoms with Crippen molar-refractivity contribution in [1.82, 2.24) is 5.48 Å². The zero-order valence-electron chi connectivity index (χ0n) is 9.33. The minimum atomic E-state index is -0.181. The molecule has 1 unspecified atom stereocenters. The molecule has 0 fully saturated rings. The fourth-order valence-corrected chi connectivity index (χ4v) is 1.08. The predicted octanol–water partition coefficient (Wildman–Crippen LogP) is 3.05. The Bertz CT molecular complexity index is 249. The van der Waals surface area contributed by atoms with Gasteiger partial charge in [-0.2, -0.15) is 5.48 Å². The lowest BCUT2D eigenvalue weighted by Crippen LogP contribution is -2.31. The van der Waals surface area contributed by atoms with Gasteiger partial charge in [0.25, 0.3) is 0 Å². The van der Waals surface area contributed by atoms with Gasteiger partial charge in [-0.15, -0.1) is 0 Å². The van der Waals surface area contributed by atoms with Gasteiger partial charge < -0.3 is 4.42 Å². The first-order valence-electron chi connectivity index (χ1n) is 5.00. The topological polar surface area (TPSA) is 34.4 Å². The van der Waals surface area contributed by atoms with Gasteiger partial charge in [-0.3, -0.25) is 4.84 Å². The molecule has 0 radical (unpaired) electrons. The Labute approximate surface area is 85.4 Å². The third-order valence-electron chi connectivity index (χ3n) is 1.80. The van der Waals surface area contributed by atoms with E-state index in [1.165, 1.54) is 0 Å². The van der Waals surface area contributed by atoms with E-state index in [1.807, 2.05) is 32.9 Å². The number of hydroxylamine groups is 1. The molecule has 0 amide bonds. The van der Waals surface area contributed by atoms with E-state index in [0.717, 1.165) is 12.2 Å². The van der Waals surface area contributed by atoms with E-state index in [2.05, 4.69) is 12.4 Å². The summed E-state index contributed by atoms with van der Waals surface area (Å²) < 4.78 is 5.31. The van der Waals surface area contributed by atoms with Crippen LogP contribution < -0.4 is 5.48 Å². The van der Waals surface area contributed by atoms with E-state index in [0.29, 0.717) is 0 Å². The molecule has 0 bridgehead atoms. The van der Waals surface area contributed by atoms with Gasteiger partial charge in [0, 0.05) is 0 Å². The van der Waals surface area contributed by atoms with Crippen LogP contribution in [0.15, 0.2) is 22.8 Å². The van der Waals surface area contributed by atoms with E-state index in [9.17, 15) is 0 Å². The Morgan fingerprint density at radius 1 is 1.50 bits per heavy atom. The molecule has 1 aromatic heterocycles. The molecule has 0 aromatic carbocycles. The molecule has 1 N–H and O–H groups in total. The molecule has 14 heavy (non-hydrogen) atoms. The highest BCUT2D eigenvalue weighted by Gasteiger charge is 2.16. The van der Waals surface area contributed by atoms with Gasteiger partial charge in [-0.25, -0.2) is 0 Å². The summed E-state index contributed by atoms with van der Waals surface area (Å²) in [4.78, 5) is 5.50. The second kappa shape index (κ2) is 4.62. The number of furan rings is 1. The Balaban J connectivity index is 2.49. The number of hydrogen-bond acceptors (Lipinski definition) is 3. The van der Waals surface area contributed by atoms with Crippen molar-refractivity contribution in [3.63, 3.8) is 0 Å². The zero-order valence-corrected chi connectivity index (χ0v) is 9.33. The predicted molar refractivity (Wildman–Crippen MR) is 55.7 cm³/mol. The molecule has 1 rings (SSSR count). The van der Waals surface area contributed by atoms with Gasteiger partial charge in [0.1, 0.15) is 5.76 Å². The largest absolute Gasteiger partial charge is 0.468 e. The summed E-state index contributed by atoms with van der Waals surface area (Å²) in [5.41, 5.74) is 2.84. The lowest BCUT2D eigenvalue weighted by molar-refractivity contribution is -0.0920. The van der Waals surface area contributed by atoms with Crippen LogP contribution in [0.1, 0.15) is 45.9 Å². The molecule has 80 valence electrons. The van der Waals surface area contributed by atoms with E-state index < -0.39 is 0 Å². The smallest absolute Gasteiger partial charge is 0.122 e. The van der Waals surface area contributed by atoms with Crippen LogP contribution in [0.25, 0.3) is 0 Å². The van der Waals surface area contributed by atoms with Crippen LogP contribution in [0.2, 0.25) is 0 Å². The third-order valence-corrected chi connectivity index (χ3v) is 1.80. The summed E-state index contributed by atoms with van der Waals surface area (Å²) in [7, 11) is 0. The molecule has 1 atom stereocenters. The molecule has 1 aromatic rings. The van der Waals surface area contributed by atoms with Gasteiger partial charge >= 0.3 is 0 Å². The second-order valence-corrected chi connectivity index (χ2v) is 4.31. The molecular formula is C11H19NO2. The number of rotatable bonds is 4. The first-order chi connectivity index (χ1) is 6.53. The van der Waals surface area contributed by atoms with Gasteiger partial charge in [0.05, 0.1) is 17.9 Å². The van der Waals surface area contributed by atoms with Crippen molar-refractivity contribution >= 4 is 0 Å². The van der Waals surface area contributed by atoms with Crippen molar-refractivity contribution in [1.29, 1.82) is 0 Å². The average Bonchev–Trinajstić information content (AvgIpc) is 2.56. The standard InChI is InChI=1S/C11H19NO2/c1-5-9(10-7-6-8-13-10)12-14-11(2,3)4/h6-9,12H,5H2,1-4H3. The normalized spacial score (nSPS) is 14.3. The first kappa shape index (κ1) is 11.3. The fourth-order valence-electron chi connectivity index (χ4n) is 1.08. The minimum absolute atomic E-state index is 0.129. The highest BCUT2D eigenvalue weighted by molar-refractivity contribution is 5.03. The molecule has 0 saturated carbocycles. The summed E-state index contributed by atoms with van der Waals surface area (Å²) in [6, 6.07) is 3.97. The molecule has 1 heterocycles.